The smallest absolute Gasteiger partial charge is 0.135 e. The summed E-state index contributed by atoms with van der Waals surface area (Å²) in [6.45, 7) is 1.58. The molecule has 2 N–H and O–H groups in total. The van der Waals surface area contributed by atoms with Crippen molar-refractivity contribution in [2.45, 2.75) is 19.6 Å². The molecule has 0 aliphatic rings. The van der Waals surface area contributed by atoms with Crippen LogP contribution in [0.2, 0.25) is 0 Å². The van der Waals surface area contributed by atoms with Crippen LogP contribution < -0.4 is 10.1 Å². The molecular formula is C16H17F2NO2. The first-order valence-electron chi connectivity index (χ1n) is 6.54. The first-order chi connectivity index (χ1) is 10.0. The zero-order chi connectivity index (χ0) is 15.4. The standard InChI is InChI=1S/C16H17F2NO2/c1-10(19-12-5-3-4-11(6-12)9-20)16-14(17)7-13(21-2)8-15(16)18/h3-8,10,19-20H,9H2,1-2H3. The minimum Gasteiger partial charge on any atom is -0.497 e. The molecule has 2 aromatic rings. The van der Waals surface area contributed by atoms with Crippen molar-refractivity contribution in [3.63, 3.8) is 0 Å². The van der Waals surface area contributed by atoms with Crippen molar-refractivity contribution in [2.75, 3.05) is 12.4 Å². The Balaban J connectivity index is 2.25. The first kappa shape index (κ1) is 15.3. The molecule has 21 heavy (non-hydrogen) atoms. The number of aliphatic hydroxyl groups excluding tert-OH is 1. The summed E-state index contributed by atoms with van der Waals surface area (Å²) in [6, 6.07) is 8.78. The second-order valence-corrected chi connectivity index (χ2v) is 4.73. The van der Waals surface area contributed by atoms with Gasteiger partial charge >= 0.3 is 0 Å². The summed E-state index contributed by atoms with van der Waals surface area (Å²) in [5.41, 5.74) is 1.36. The van der Waals surface area contributed by atoms with Gasteiger partial charge in [-0.25, -0.2) is 8.78 Å². The Morgan fingerprint density at radius 1 is 1.19 bits per heavy atom. The van der Waals surface area contributed by atoms with Gasteiger partial charge in [0.15, 0.2) is 0 Å². The molecule has 0 bridgehead atoms. The molecular weight excluding hydrogens is 276 g/mol. The Morgan fingerprint density at radius 2 is 1.86 bits per heavy atom. The number of ether oxygens (including phenoxy) is 1. The average Bonchev–Trinajstić information content (AvgIpc) is 2.46. The number of hydrogen-bond donors (Lipinski definition) is 2. The van der Waals surface area contributed by atoms with E-state index in [4.69, 9.17) is 9.84 Å². The Kier molecular flexibility index (Phi) is 4.75. The third kappa shape index (κ3) is 3.49. The van der Waals surface area contributed by atoms with Crippen LogP contribution in [-0.4, -0.2) is 12.2 Å². The van der Waals surface area contributed by atoms with Crippen LogP contribution in [0.1, 0.15) is 24.1 Å². The van der Waals surface area contributed by atoms with Gasteiger partial charge in [0.05, 0.1) is 19.8 Å². The second-order valence-electron chi connectivity index (χ2n) is 4.73. The van der Waals surface area contributed by atoms with Crippen LogP contribution in [0.5, 0.6) is 5.75 Å². The first-order valence-corrected chi connectivity index (χ1v) is 6.54. The Bertz CT molecular complexity index is 608. The van der Waals surface area contributed by atoms with E-state index in [0.717, 1.165) is 17.7 Å². The van der Waals surface area contributed by atoms with E-state index in [1.54, 1.807) is 31.2 Å². The average molecular weight is 293 g/mol. The highest BCUT2D eigenvalue weighted by Gasteiger charge is 2.18. The normalized spacial score (nSPS) is 12.0. The maximum absolute atomic E-state index is 14.0. The minimum absolute atomic E-state index is 0.0507. The Morgan fingerprint density at radius 3 is 2.43 bits per heavy atom. The lowest BCUT2D eigenvalue weighted by atomic mass is 10.1. The number of methoxy groups -OCH3 is 1. The minimum atomic E-state index is -0.662. The largest absolute Gasteiger partial charge is 0.497 e. The summed E-state index contributed by atoms with van der Waals surface area (Å²) in [6.07, 6.45) is 0. The van der Waals surface area contributed by atoms with Crippen LogP contribution >= 0.6 is 0 Å². The van der Waals surface area contributed by atoms with Gasteiger partial charge in [-0.2, -0.15) is 0 Å². The fraction of sp³-hybridized carbons (Fsp3) is 0.250. The van der Waals surface area contributed by atoms with Gasteiger partial charge in [0.2, 0.25) is 0 Å². The summed E-state index contributed by atoms with van der Waals surface area (Å²) in [4.78, 5) is 0. The van der Waals surface area contributed by atoms with Gasteiger partial charge < -0.3 is 15.2 Å². The second kappa shape index (κ2) is 6.54. The molecule has 0 spiro atoms. The quantitative estimate of drug-likeness (QED) is 0.884. The van der Waals surface area contributed by atoms with Crippen LogP contribution in [0.3, 0.4) is 0 Å². The number of hydrogen-bond acceptors (Lipinski definition) is 3. The molecule has 1 atom stereocenters. The molecule has 0 aliphatic heterocycles. The summed E-state index contributed by atoms with van der Waals surface area (Å²) in [7, 11) is 1.36. The van der Waals surface area contributed by atoms with Gasteiger partial charge in [-0.05, 0) is 24.6 Å². The van der Waals surface area contributed by atoms with Crippen LogP contribution in [-0.2, 0) is 6.61 Å². The van der Waals surface area contributed by atoms with Crippen LogP contribution in [0.4, 0.5) is 14.5 Å². The lowest BCUT2D eigenvalue weighted by Crippen LogP contribution is -2.11. The van der Waals surface area contributed by atoms with E-state index in [2.05, 4.69) is 5.32 Å². The predicted octanol–water partition coefficient (Wildman–Crippen LogP) is 3.64. The highest BCUT2D eigenvalue weighted by molar-refractivity contribution is 5.48. The van der Waals surface area contributed by atoms with Gasteiger partial charge in [0.1, 0.15) is 17.4 Å². The molecule has 5 heteroatoms. The zero-order valence-electron chi connectivity index (χ0n) is 11.9. The van der Waals surface area contributed by atoms with Gasteiger partial charge in [-0.15, -0.1) is 0 Å². The van der Waals surface area contributed by atoms with E-state index in [9.17, 15) is 8.78 Å². The van der Waals surface area contributed by atoms with Crippen molar-refractivity contribution in [2.24, 2.45) is 0 Å². The SMILES string of the molecule is COc1cc(F)c(C(C)Nc2cccc(CO)c2)c(F)c1. The molecule has 0 saturated heterocycles. The van der Waals surface area contributed by atoms with E-state index in [1.807, 2.05) is 0 Å². The van der Waals surface area contributed by atoms with E-state index in [1.165, 1.54) is 7.11 Å². The summed E-state index contributed by atoms with van der Waals surface area (Å²) in [5.74, 6) is -1.18. The molecule has 0 heterocycles. The van der Waals surface area contributed by atoms with Crippen molar-refractivity contribution in [1.29, 1.82) is 0 Å². The molecule has 3 nitrogen and oxygen atoms in total. The van der Waals surface area contributed by atoms with E-state index in [-0.39, 0.29) is 17.9 Å². The third-order valence-corrected chi connectivity index (χ3v) is 3.21. The predicted molar refractivity (Wildman–Crippen MR) is 77.3 cm³/mol. The Labute approximate surface area is 122 Å². The molecule has 0 amide bonds. The third-order valence-electron chi connectivity index (χ3n) is 3.21. The highest BCUT2D eigenvalue weighted by Crippen LogP contribution is 2.28. The fourth-order valence-corrected chi connectivity index (χ4v) is 2.17. The molecule has 0 fully saturated rings. The van der Waals surface area contributed by atoms with E-state index >= 15 is 0 Å². The van der Waals surface area contributed by atoms with Crippen molar-refractivity contribution < 1.29 is 18.6 Å². The number of aliphatic hydroxyl groups is 1. The van der Waals surface area contributed by atoms with E-state index < -0.39 is 17.7 Å². The van der Waals surface area contributed by atoms with Crippen LogP contribution in [0.25, 0.3) is 0 Å². The van der Waals surface area contributed by atoms with Crippen molar-refractivity contribution in [1.82, 2.24) is 0 Å². The van der Waals surface area contributed by atoms with Crippen molar-refractivity contribution in [3.05, 3.63) is 59.2 Å². The Hall–Kier alpha value is -2.14. The molecule has 0 aromatic heterocycles. The highest BCUT2D eigenvalue weighted by atomic mass is 19.1. The van der Waals surface area contributed by atoms with Crippen LogP contribution in [0.15, 0.2) is 36.4 Å². The maximum Gasteiger partial charge on any atom is 0.135 e. The van der Waals surface area contributed by atoms with Crippen LogP contribution in [0, 0.1) is 11.6 Å². The van der Waals surface area contributed by atoms with E-state index in [0.29, 0.717) is 5.69 Å². The monoisotopic (exact) mass is 293 g/mol. The molecule has 0 saturated carbocycles. The lowest BCUT2D eigenvalue weighted by Gasteiger charge is -2.18. The summed E-state index contributed by atoms with van der Waals surface area (Å²) in [5, 5.41) is 12.1. The van der Waals surface area contributed by atoms with Crippen molar-refractivity contribution >= 4 is 5.69 Å². The van der Waals surface area contributed by atoms with Gasteiger partial charge in [0.25, 0.3) is 0 Å². The number of halogens is 2. The summed E-state index contributed by atoms with van der Waals surface area (Å²) < 4.78 is 32.8. The maximum atomic E-state index is 14.0. The molecule has 0 aliphatic carbocycles. The number of rotatable bonds is 5. The van der Waals surface area contributed by atoms with Gasteiger partial charge in [-0.1, -0.05) is 12.1 Å². The van der Waals surface area contributed by atoms with Gasteiger partial charge in [-0.3, -0.25) is 0 Å². The molecule has 1 unspecified atom stereocenters. The zero-order valence-corrected chi connectivity index (χ0v) is 11.9. The fourth-order valence-electron chi connectivity index (χ4n) is 2.17. The lowest BCUT2D eigenvalue weighted by molar-refractivity contribution is 0.282. The summed E-state index contributed by atoms with van der Waals surface area (Å²) >= 11 is 0. The molecule has 2 aromatic carbocycles. The molecule has 0 radical (unpaired) electrons. The van der Waals surface area contributed by atoms with Crippen molar-refractivity contribution in [3.8, 4) is 5.75 Å². The van der Waals surface area contributed by atoms with Gasteiger partial charge in [0, 0.05) is 23.4 Å². The number of anilines is 1. The topological polar surface area (TPSA) is 41.5 Å². The molecule has 2 rings (SSSR count). The number of benzene rings is 2. The number of nitrogens with one attached hydrogen (secondary N) is 1. The molecule has 112 valence electrons.